The third-order valence-corrected chi connectivity index (χ3v) is 8.20. The Morgan fingerprint density at radius 3 is 1.40 bits per heavy atom. The van der Waals surface area contributed by atoms with Gasteiger partial charge in [0.2, 0.25) is 11.9 Å². The minimum Gasteiger partial charge on any atom is -0.396 e. The largest absolute Gasteiger partial charge is 0.396 e. The van der Waals surface area contributed by atoms with Crippen LogP contribution in [0.5, 0.6) is 0 Å². The van der Waals surface area contributed by atoms with Gasteiger partial charge in [-0.25, -0.2) is 9.97 Å². The molecule has 10 N–H and O–H groups in total. The van der Waals surface area contributed by atoms with Gasteiger partial charge >= 0.3 is 10.4 Å². The molecular weight excluding hydrogens is 632 g/mol. The second kappa shape index (κ2) is 13.4. The molecule has 4 heterocycles. The molecule has 0 radical (unpaired) electrons. The Hall–Kier alpha value is -4.43. The van der Waals surface area contributed by atoms with Crippen molar-refractivity contribution in [1.29, 1.82) is 0 Å². The Kier molecular flexibility index (Phi) is 9.24. The molecule has 2 fully saturated rings. The Morgan fingerprint density at radius 2 is 1.09 bits per heavy atom. The number of nitrogens with one attached hydrogen (secondary N) is 2. The van der Waals surface area contributed by atoms with Gasteiger partial charge in [0, 0.05) is 37.1 Å². The maximum atomic E-state index is 9.26. The van der Waals surface area contributed by atoms with Crippen LogP contribution >= 0.6 is 0 Å². The first-order valence-electron chi connectivity index (χ1n) is 15.3. The number of nitrogen functional groups attached to an aromatic ring is 2. The van der Waals surface area contributed by atoms with Crippen molar-refractivity contribution in [1.82, 2.24) is 39.0 Å². The summed E-state index contributed by atoms with van der Waals surface area (Å²) in [5, 5.41) is 25.2. The molecule has 4 aliphatic rings. The topological polar surface area (TPSA) is 278 Å². The van der Waals surface area contributed by atoms with Crippen LogP contribution < -0.4 is 22.1 Å². The summed E-state index contributed by atoms with van der Waals surface area (Å²) in [4.78, 5) is 26.2. The van der Waals surface area contributed by atoms with Crippen LogP contribution in [-0.2, 0) is 10.4 Å². The van der Waals surface area contributed by atoms with E-state index in [2.05, 4.69) is 52.7 Å². The van der Waals surface area contributed by atoms with Crippen LogP contribution in [0.1, 0.15) is 50.6 Å². The van der Waals surface area contributed by atoms with Crippen LogP contribution in [0.3, 0.4) is 0 Å². The second-order valence-corrected chi connectivity index (χ2v) is 13.0. The molecule has 19 heteroatoms. The number of aromatic nitrogens is 8. The minimum absolute atomic E-state index is 0.162. The lowest BCUT2D eigenvalue weighted by Crippen LogP contribution is -2.10. The van der Waals surface area contributed by atoms with E-state index in [-0.39, 0.29) is 49.0 Å². The number of fused-ring (bicyclic) bond motifs is 2. The number of anilines is 4. The molecule has 0 amide bonds. The quantitative estimate of drug-likeness (QED) is 0.0974. The molecule has 4 aliphatic carbocycles. The van der Waals surface area contributed by atoms with Crippen LogP contribution in [0.15, 0.2) is 37.0 Å². The van der Waals surface area contributed by atoms with Gasteiger partial charge in [-0.2, -0.15) is 28.4 Å². The zero-order chi connectivity index (χ0) is 33.3. The van der Waals surface area contributed by atoms with E-state index in [0.717, 1.165) is 72.5 Å². The fourth-order valence-corrected chi connectivity index (χ4v) is 5.58. The molecule has 0 saturated heterocycles. The van der Waals surface area contributed by atoms with E-state index in [4.69, 9.17) is 29.0 Å². The van der Waals surface area contributed by atoms with E-state index in [0.29, 0.717) is 12.1 Å². The van der Waals surface area contributed by atoms with E-state index < -0.39 is 10.4 Å². The molecule has 2 unspecified atom stereocenters. The number of nitrogens with two attached hydrogens (primary N) is 2. The van der Waals surface area contributed by atoms with E-state index >= 15 is 0 Å². The monoisotopic (exact) mass is 670 g/mol. The van der Waals surface area contributed by atoms with Crippen molar-refractivity contribution < 1.29 is 27.7 Å². The van der Waals surface area contributed by atoms with Gasteiger partial charge in [0.25, 0.3) is 0 Å². The number of allylic oxidation sites excluding steroid dienone is 2. The minimum atomic E-state index is -4.67. The van der Waals surface area contributed by atoms with Crippen molar-refractivity contribution in [3.8, 4) is 0 Å². The number of hydrogen-bond acceptors (Lipinski definition) is 14. The predicted octanol–water partition coefficient (Wildman–Crippen LogP) is 1.53. The third kappa shape index (κ3) is 8.11. The molecule has 4 atom stereocenters. The maximum Gasteiger partial charge on any atom is 0.394 e. The fourth-order valence-electron chi connectivity index (χ4n) is 5.58. The Balaban J connectivity index is 0.000000144. The Bertz CT molecular complexity index is 1770. The van der Waals surface area contributed by atoms with E-state index in [1.165, 1.54) is 0 Å². The molecule has 4 aromatic heterocycles. The van der Waals surface area contributed by atoms with E-state index in [9.17, 15) is 10.2 Å². The highest BCUT2D eigenvalue weighted by Gasteiger charge is 2.27. The molecule has 0 bridgehead atoms. The highest BCUT2D eigenvalue weighted by atomic mass is 32.3. The molecule has 0 aliphatic heterocycles. The normalized spacial score (nSPS) is 23.4. The smallest absolute Gasteiger partial charge is 0.394 e. The van der Waals surface area contributed by atoms with Gasteiger partial charge in [-0.1, -0.05) is 24.3 Å². The number of aliphatic hydroxyl groups is 2. The molecule has 2 saturated carbocycles. The zero-order valence-corrected chi connectivity index (χ0v) is 26.1. The van der Waals surface area contributed by atoms with Gasteiger partial charge in [-0.3, -0.25) is 9.11 Å². The van der Waals surface area contributed by atoms with Crippen molar-refractivity contribution in [2.75, 3.05) is 35.3 Å². The summed E-state index contributed by atoms with van der Waals surface area (Å²) < 4.78 is 35.6. The summed E-state index contributed by atoms with van der Waals surface area (Å²) in [7, 11) is -4.67. The molecule has 0 aromatic carbocycles. The third-order valence-electron chi connectivity index (χ3n) is 8.20. The van der Waals surface area contributed by atoms with E-state index in [1.54, 1.807) is 12.7 Å². The van der Waals surface area contributed by atoms with Crippen LogP contribution in [0, 0.1) is 11.8 Å². The number of imidazole rings is 2. The molecule has 0 spiro atoms. The summed E-state index contributed by atoms with van der Waals surface area (Å²) in [5.74, 6) is 2.37. The lowest BCUT2D eigenvalue weighted by molar-refractivity contribution is 0.244. The van der Waals surface area contributed by atoms with Gasteiger partial charge < -0.3 is 41.4 Å². The molecule has 252 valence electrons. The first-order valence-corrected chi connectivity index (χ1v) is 16.7. The molecule has 18 nitrogen and oxygen atoms in total. The number of rotatable bonds is 8. The number of nitrogens with zero attached hydrogens (tertiary/aromatic N) is 8. The van der Waals surface area contributed by atoms with Crippen molar-refractivity contribution in [2.45, 2.75) is 62.7 Å². The zero-order valence-electron chi connectivity index (χ0n) is 25.3. The summed E-state index contributed by atoms with van der Waals surface area (Å²) >= 11 is 0. The first-order chi connectivity index (χ1) is 22.5. The van der Waals surface area contributed by atoms with Crippen LogP contribution in [-0.4, -0.2) is 92.1 Å². The fraction of sp³-hybridized carbons (Fsp3) is 0.500. The second-order valence-electron chi connectivity index (χ2n) is 12.1. The first kappa shape index (κ1) is 32.5. The summed E-state index contributed by atoms with van der Waals surface area (Å²) in [5.41, 5.74) is 14.7. The SMILES string of the molecule is Nc1nc(NC2CC2)c2ncn(C3C=C[C@@H](CO)C3)c2n1.Nc1nc(NC2CC2)c2ncn(C3C=C[C@@H](CO)C3)c2n1.O=S(=O)(O)O. The Morgan fingerprint density at radius 1 is 0.702 bits per heavy atom. The predicted molar refractivity (Wildman–Crippen MR) is 174 cm³/mol. The summed E-state index contributed by atoms with van der Waals surface area (Å²) in [6.45, 7) is 0.344. The van der Waals surface area contributed by atoms with Crippen molar-refractivity contribution >= 4 is 56.3 Å². The van der Waals surface area contributed by atoms with Gasteiger partial charge in [-0.05, 0) is 38.5 Å². The standard InChI is InChI=1S/2C14H18N6O.H2O4S/c2*15-14-18-12(17-9-2-3-9)11-13(19-14)20(7-16-11)10-4-1-8(5-10)6-21;1-5(2,3)4/h2*1,4,7-10,21H,2-3,5-6H2,(H3,15,17,18,19);(H2,1,2,3,4)/t2*8-,10?;/m11./s1. The van der Waals surface area contributed by atoms with Gasteiger partial charge in [0.05, 0.1) is 24.7 Å². The molecule has 4 aromatic rings. The number of aliphatic hydroxyl groups excluding tert-OH is 2. The highest BCUT2D eigenvalue weighted by molar-refractivity contribution is 7.79. The van der Waals surface area contributed by atoms with Crippen LogP contribution in [0.2, 0.25) is 0 Å². The maximum absolute atomic E-state index is 9.26. The van der Waals surface area contributed by atoms with Crippen molar-refractivity contribution in [2.24, 2.45) is 11.8 Å². The van der Waals surface area contributed by atoms with E-state index in [1.807, 2.05) is 21.3 Å². The average Bonchev–Trinajstić information content (AvgIpc) is 3.73. The highest BCUT2D eigenvalue weighted by Crippen LogP contribution is 2.34. The average molecular weight is 671 g/mol. The lowest BCUT2D eigenvalue weighted by Gasteiger charge is -2.13. The number of hydrogen-bond donors (Lipinski definition) is 8. The summed E-state index contributed by atoms with van der Waals surface area (Å²) in [6, 6.07) is 1.29. The molecule has 47 heavy (non-hydrogen) atoms. The lowest BCUT2D eigenvalue weighted by atomic mass is 10.1. The van der Waals surface area contributed by atoms with Gasteiger partial charge in [0.1, 0.15) is 0 Å². The Labute approximate surface area is 269 Å². The van der Waals surface area contributed by atoms with Gasteiger partial charge in [0.15, 0.2) is 34.0 Å². The van der Waals surface area contributed by atoms with Gasteiger partial charge in [-0.15, -0.1) is 0 Å². The van der Waals surface area contributed by atoms with Crippen molar-refractivity contribution in [3.63, 3.8) is 0 Å². The summed E-state index contributed by atoms with van der Waals surface area (Å²) in [6.07, 6.45) is 18.2. The van der Waals surface area contributed by atoms with Crippen LogP contribution in [0.4, 0.5) is 23.5 Å². The van der Waals surface area contributed by atoms with Crippen molar-refractivity contribution in [3.05, 3.63) is 37.0 Å². The molecular formula is C28H38N12O6S. The molecule has 8 rings (SSSR count). The van der Waals surface area contributed by atoms with Crippen LogP contribution in [0.25, 0.3) is 22.3 Å².